The fourth-order valence-electron chi connectivity index (χ4n) is 2.19. The van der Waals surface area contributed by atoms with Gasteiger partial charge in [-0.3, -0.25) is 0 Å². The van der Waals surface area contributed by atoms with E-state index in [9.17, 15) is 0 Å². The smallest absolute Gasteiger partial charge is 0.207 e. The minimum absolute atomic E-state index is 0.766. The number of anilines is 2. The largest absolute Gasteiger partial charge is 0.385 e. The Morgan fingerprint density at radius 2 is 2.20 bits per heavy atom. The Bertz CT molecular complexity index is 548. The standard InChI is InChI=1S/C16H23N3O/c1-4-14-7-5-8-15(11-14)18-16-17-13(2)12-19(16)9-6-10-20-3/h5,7-8,11-12H,4,6,9-10H2,1-3H3,(H,17,18). The number of benzene rings is 1. The summed E-state index contributed by atoms with van der Waals surface area (Å²) in [6, 6.07) is 8.46. The summed E-state index contributed by atoms with van der Waals surface area (Å²) >= 11 is 0. The van der Waals surface area contributed by atoms with Gasteiger partial charge in [-0.05, 0) is 37.5 Å². The lowest BCUT2D eigenvalue weighted by Gasteiger charge is -2.10. The van der Waals surface area contributed by atoms with Crippen LogP contribution in [0, 0.1) is 6.92 Å². The van der Waals surface area contributed by atoms with E-state index in [1.807, 2.05) is 6.92 Å². The number of ether oxygens (including phenoxy) is 1. The number of aryl methyl sites for hydroxylation is 3. The molecule has 0 aliphatic heterocycles. The van der Waals surface area contributed by atoms with E-state index < -0.39 is 0 Å². The maximum absolute atomic E-state index is 5.10. The number of hydrogen-bond donors (Lipinski definition) is 1. The van der Waals surface area contributed by atoms with E-state index in [-0.39, 0.29) is 0 Å². The molecule has 0 atom stereocenters. The van der Waals surface area contributed by atoms with Gasteiger partial charge in [0.25, 0.3) is 0 Å². The average molecular weight is 273 g/mol. The van der Waals surface area contributed by atoms with Crippen LogP contribution in [0.25, 0.3) is 0 Å². The van der Waals surface area contributed by atoms with Crippen LogP contribution in [0.2, 0.25) is 0 Å². The van der Waals surface area contributed by atoms with Crippen molar-refractivity contribution in [3.63, 3.8) is 0 Å². The van der Waals surface area contributed by atoms with Gasteiger partial charge in [0, 0.05) is 32.1 Å². The maximum atomic E-state index is 5.10. The van der Waals surface area contributed by atoms with E-state index in [1.165, 1.54) is 5.56 Å². The first-order chi connectivity index (χ1) is 9.72. The van der Waals surface area contributed by atoms with Crippen molar-refractivity contribution in [2.24, 2.45) is 0 Å². The fourth-order valence-corrected chi connectivity index (χ4v) is 2.19. The molecule has 0 aliphatic carbocycles. The van der Waals surface area contributed by atoms with E-state index in [0.717, 1.165) is 43.3 Å². The lowest BCUT2D eigenvalue weighted by Crippen LogP contribution is -2.05. The summed E-state index contributed by atoms with van der Waals surface area (Å²) in [5.74, 6) is 0.895. The second-order valence-electron chi connectivity index (χ2n) is 4.92. The van der Waals surface area contributed by atoms with Gasteiger partial charge in [0.05, 0.1) is 5.69 Å². The third kappa shape index (κ3) is 3.84. The Morgan fingerprint density at radius 3 is 2.95 bits per heavy atom. The second kappa shape index (κ2) is 7.10. The first-order valence-electron chi connectivity index (χ1n) is 7.11. The number of nitrogens with one attached hydrogen (secondary N) is 1. The fraction of sp³-hybridized carbons (Fsp3) is 0.438. The van der Waals surface area contributed by atoms with Crippen LogP contribution in [0.4, 0.5) is 11.6 Å². The Balaban J connectivity index is 2.11. The summed E-state index contributed by atoms with van der Waals surface area (Å²) in [7, 11) is 1.73. The lowest BCUT2D eigenvalue weighted by molar-refractivity contribution is 0.190. The molecule has 0 unspecified atom stereocenters. The van der Waals surface area contributed by atoms with Crippen LogP contribution in [0.5, 0.6) is 0 Å². The first-order valence-corrected chi connectivity index (χ1v) is 7.11. The highest BCUT2D eigenvalue weighted by molar-refractivity contribution is 5.55. The van der Waals surface area contributed by atoms with Crippen molar-refractivity contribution in [3.05, 3.63) is 41.7 Å². The molecule has 1 aromatic carbocycles. The molecule has 20 heavy (non-hydrogen) atoms. The zero-order chi connectivity index (χ0) is 14.4. The van der Waals surface area contributed by atoms with Gasteiger partial charge >= 0.3 is 0 Å². The molecule has 0 aliphatic rings. The topological polar surface area (TPSA) is 39.1 Å². The van der Waals surface area contributed by atoms with Crippen molar-refractivity contribution in [3.8, 4) is 0 Å². The molecule has 1 heterocycles. The van der Waals surface area contributed by atoms with Crippen LogP contribution in [-0.2, 0) is 17.7 Å². The van der Waals surface area contributed by atoms with Crippen LogP contribution < -0.4 is 5.32 Å². The highest BCUT2D eigenvalue weighted by atomic mass is 16.5. The Labute approximate surface area is 120 Å². The van der Waals surface area contributed by atoms with Crippen LogP contribution in [0.1, 0.15) is 24.6 Å². The van der Waals surface area contributed by atoms with Crippen molar-refractivity contribution < 1.29 is 4.74 Å². The van der Waals surface area contributed by atoms with E-state index >= 15 is 0 Å². The number of methoxy groups -OCH3 is 1. The summed E-state index contributed by atoms with van der Waals surface area (Å²) < 4.78 is 7.25. The molecule has 0 saturated carbocycles. The van der Waals surface area contributed by atoms with Gasteiger partial charge in [0.1, 0.15) is 0 Å². The molecule has 4 heteroatoms. The molecule has 1 N–H and O–H groups in total. The molecule has 0 radical (unpaired) electrons. The molecular weight excluding hydrogens is 250 g/mol. The predicted octanol–water partition coefficient (Wildman–Crippen LogP) is 3.53. The lowest BCUT2D eigenvalue weighted by atomic mass is 10.1. The molecule has 0 fully saturated rings. The van der Waals surface area contributed by atoms with E-state index in [1.54, 1.807) is 7.11 Å². The van der Waals surface area contributed by atoms with Gasteiger partial charge in [-0.2, -0.15) is 0 Å². The van der Waals surface area contributed by atoms with Gasteiger partial charge in [-0.25, -0.2) is 4.98 Å². The van der Waals surface area contributed by atoms with Gasteiger partial charge in [0.15, 0.2) is 0 Å². The summed E-state index contributed by atoms with van der Waals surface area (Å²) in [5.41, 5.74) is 3.43. The third-order valence-electron chi connectivity index (χ3n) is 3.24. The Hall–Kier alpha value is -1.81. The van der Waals surface area contributed by atoms with Crippen molar-refractivity contribution in [2.45, 2.75) is 33.2 Å². The normalized spacial score (nSPS) is 10.8. The zero-order valence-electron chi connectivity index (χ0n) is 12.5. The van der Waals surface area contributed by atoms with Crippen molar-refractivity contribution in [1.82, 2.24) is 9.55 Å². The summed E-state index contributed by atoms with van der Waals surface area (Å²) in [5, 5.41) is 3.41. The molecule has 0 spiro atoms. The van der Waals surface area contributed by atoms with Crippen LogP contribution in [0.3, 0.4) is 0 Å². The highest BCUT2D eigenvalue weighted by Crippen LogP contribution is 2.18. The maximum Gasteiger partial charge on any atom is 0.207 e. The summed E-state index contributed by atoms with van der Waals surface area (Å²) in [6.45, 7) is 5.85. The molecule has 108 valence electrons. The number of imidazole rings is 1. The molecule has 4 nitrogen and oxygen atoms in total. The molecule has 0 saturated heterocycles. The minimum atomic E-state index is 0.766. The van der Waals surface area contributed by atoms with Crippen LogP contribution in [-0.4, -0.2) is 23.3 Å². The monoisotopic (exact) mass is 273 g/mol. The van der Waals surface area contributed by atoms with Gasteiger partial charge in [-0.1, -0.05) is 19.1 Å². The molecule has 0 bridgehead atoms. The van der Waals surface area contributed by atoms with Gasteiger partial charge in [-0.15, -0.1) is 0 Å². The number of aromatic nitrogens is 2. The van der Waals surface area contributed by atoms with Crippen molar-refractivity contribution in [1.29, 1.82) is 0 Å². The molecule has 0 amide bonds. The highest BCUT2D eigenvalue weighted by Gasteiger charge is 2.06. The zero-order valence-corrected chi connectivity index (χ0v) is 12.5. The Kier molecular flexibility index (Phi) is 5.18. The SMILES string of the molecule is CCc1cccc(Nc2nc(C)cn2CCCOC)c1. The third-order valence-corrected chi connectivity index (χ3v) is 3.24. The summed E-state index contributed by atoms with van der Waals surface area (Å²) in [6.07, 6.45) is 4.09. The van der Waals surface area contributed by atoms with E-state index in [4.69, 9.17) is 4.74 Å². The molecular formula is C16H23N3O. The predicted molar refractivity (Wildman–Crippen MR) is 82.6 cm³/mol. The number of nitrogens with zero attached hydrogens (tertiary/aromatic N) is 2. The first kappa shape index (κ1) is 14.6. The number of hydrogen-bond acceptors (Lipinski definition) is 3. The van der Waals surface area contributed by atoms with E-state index in [0.29, 0.717) is 0 Å². The average Bonchev–Trinajstić information content (AvgIpc) is 2.79. The Morgan fingerprint density at radius 1 is 1.35 bits per heavy atom. The minimum Gasteiger partial charge on any atom is -0.385 e. The summed E-state index contributed by atoms with van der Waals surface area (Å²) in [4.78, 5) is 4.55. The number of rotatable bonds is 7. The van der Waals surface area contributed by atoms with Crippen molar-refractivity contribution >= 4 is 11.6 Å². The second-order valence-corrected chi connectivity index (χ2v) is 4.92. The van der Waals surface area contributed by atoms with E-state index in [2.05, 4.69) is 52.3 Å². The van der Waals surface area contributed by atoms with Crippen LogP contribution in [0.15, 0.2) is 30.5 Å². The van der Waals surface area contributed by atoms with Gasteiger partial charge in [0.2, 0.25) is 5.95 Å². The molecule has 2 rings (SSSR count). The van der Waals surface area contributed by atoms with Crippen LogP contribution >= 0.6 is 0 Å². The molecule has 2 aromatic rings. The van der Waals surface area contributed by atoms with Gasteiger partial charge < -0.3 is 14.6 Å². The van der Waals surface area contributed by atoms with Crippen molar-refractivity contribution in [2.75, 3.05) is 19.0 Å². The molecule has 1 aromatic heterocycles. The quantitative estimate of drug-likeness (QED) is 0.784.